The summed E-state index contributed by atoms with van der Waals surface area (Å²) in [5, 5.41) is 0. The van der Waals surface area contributed by atoms with Crippen LogP contribution in [0.3, 0.4) is 0 Å². The predicted octanol–water partition coefficient (Wildman–Crippen LogP) is 1.57. The van der Waals surface area contributed by atoms with E-state index in [1.54, 1.807) is 0 Å². The average molecular weight is 347 g/mol. The number of benzene rings is 1. The second-order valence-electron chi connectivity index (χ2n) is 5.00. The molecule has 1 aliphatic rings. The Morgan fingerprint density at radius 1 is 1.42 bits per heavy atom. The fourth-order valence-corrected chi connectivity index (χ4v) is 4.47. The van der Waals surface area contributed by atoms with E-state index in [1.165, 1.54) is 0 Å². The molecule has 1 aliphatic heterocycles. The molecule has 0 aromatic heterocycles. The van der Waals surface area contributed by atoms with Crippen LogP contribution in [0.15, 0.2) is 28.7 Å². The summed E-state index contributed by atoms with van der Waals surface area (Å²) in [5.41, 5.74) is 7.04. The van der Waals surface area contributed by atoms with E-state index < -0.39 is 9.84 Å². The fourth-order valence-electron chi connectivity index (χ4n) is 2.62. The van der Waals surface area contributed by atoms with Gasteiger partial charge in [0.15, 0.2) is 9.84 Å². The van der Waals surface area contributed by atoms with Crippen LogP contribution in [0, 0.1) is 0 Å². The molecule has 2 rings (SSSR count). The molecule has 106 valence electrons. The van der Waals surface area contributed by atoms with Crippen LogP contribution < -0.4 is 5.73 Å². The van der Waals surface area contributed by atoms with Crippen molar-refractivity contribution >= 4 is 25.8 Å². The molecule has 1 aromatic carbocycles. The van der Waals surface area contributed by atoms with Crippen molar-refractivity contribution in [2.75, 3.05) is 24.6 Å². The molecule has 4 nitrogen and oxygen atoms in total. The first-order valence-corrected chi connectivity index (χ1v) is 8.96. The number of nitrogens with zero attached hydrogens (tertiary/aromatic N) is 1. The highest BCUT2D eigenvalue weighted by Crippen LogP contribution is 2.26. The summed E-state index contributed by atoms with van der Waals surface area (Å²) in [6.07, 6.45) is 0. The lowest BCUT2D eigenvalue weighted by atomic mass is 10.0. The van der Waals surface area contributed by atoms with Gasteiger partial charge in [0.05, 0.1) is 11.5 Å². The third kappa shape index (κ3) is 3.56. The first-order valence-electron chi connectivity index (χ1n) is 6.34. The summed E-state index contributed by atoms with van der Waals surface area (Å²) in [6.45, 7) is 3.01. The van der Waals surface area contributed by atoms with Gasteiger partial charge in [-0.15, -0.1) is 0 Å². The third-order valence-corrected chi connectivity index (χ3v) is 5.92. The van der Waals surface area contributed by atoms with Gasteiger partial charge in [0.1, 0.15) is 0 Å². The third-order valence-electron chi connectivity index (χ3n) is 3.60. The molecule has 0 radical (unpaired) electrons. The number of halogens is 1. The highest BCUT2D eigenvalue weighted by atomic mass is 79.9. The number of nitrogens with two attached hydrogens (primary N) is 1. The molecule has 0 bridgehead atoms. The standard InChI is InChI=1S/C13H19BrN2O2S/c1-10-9-19(17,18)7-6-16(10)13(8-15)11-2-4-12(14)5-3-11/h2-5,10,13H,6-9,15H2,1H3. The lowest BCUT2D eigenvalue weighted by molar-refractivity contribution is 0.162. The number of hydrogen-bond acceptors (Lipinski definition) is 4. The van der Waals surface area contributed by atoms with Crippen molar-refractivity contribution in [3.8, 4) is 0 Å². The lowest BCUT2D eigenvalue weighted by Crippen LogP contribution is -2.50. The highest BCUT2D eigenvalue weighted by molar-refractivity contribution is 9.10. The van der Waals surface area contributed by atoms with Crippen molar-refractivity contribution in [3.63, 3.8) is 0 Å². The van der Waals surface area contributed by atoms with Crippen LogP contribution in [0.2, 0.25) is 0 Å². The Morgan fingerprint density at radius 2 is 2.05 bits per heavy atom. The quantitative estimate of drug-likeness (QED) is 0.902. The molecule has 2 N–H and O–H groups in total. The molecular weight excluding hydrogens is 328 g/mol. The summed E-state index contributed by atoms with van der Waals surface area (Å²) in [5.74, 6) is 0.449. The molecule has 1 saturated heterocycles. The first-order chi connectivity index (χ1) is 8.93. The molecule has 19 heavy (non-hydrogen) atoms. The monoisotopic (exact) mass is 346 g/mol. The van der Waals surface area contributed by atoms with E-state index in [4.69, 9.17) is 5.73 Å². The second kappa shape index (κ2) is 5.91. The molecule has 1 heterocycles. The molecular formula is C13H19BrN2O2S. The Morgan fingerprint density at radius 3 is 2.58 bits per heavy atom. The van der Waals surface area contributed by atoms with E-state index in [0.29, 0.717) is 13.1 Å². The fraction of sp³-hybridized carbons (Fsp3) is 0.538. The Hall–Kier alpha value is -0.430. The normalized spacial score (nSPS) is 25.1. The molecule has 1 fully saturated rings. The summed E-state index contributed by atoms with van der Waals surface area (Å²) < 4.78 is 24.3. The first kappa shape index (κ1) is 15.0. The van der Waals surface area contributed by atoms with E-state index >= 15 is 0 Å². The summed E-state index contributed by atoms with van der Waals surface area (Å²) >= 11 is 3.42. The second-order valence-corrected chi connectivity index (χ2v) is 8.15. The van der Waals surface area contributed by atoms with Gasteiger partial charge in [-0.1, -0.05) is 28.1 Å². The Bertz CT molecular complexity index is 530. The van der Waals surface area contributed by atoms with Gasteiger partial charge in [0.2, 0.25) is 0 Å². The van der Waals surface area contributed by atoms with Crippen LogP contribution in [0.1, 0.15) is 18.5 Å². The molecule has 2 atom stereocenters. The van der Waals surface area contributed by atoms with E-state index in [1.807, 2.05) is 31.2 Å². The van der Waals surface area contributed by atoms with Gasteiger partial charge in [-0.2, -0.15) is 0 Å². The van der Waals surface area contributed by atoms with Crippen LogP contribution >= 0.6 is 15.9 Å². The van der Waals surface area contributed by atoms with Gasteiger partial charge >= 0.3 is 0 Å². The van der Waals surface area contributed by atoms with Crippen molar-refractivity contribution in [3.05, 3.63) is 34.3 Å². The van der Waals surface area contributed by atoms with Gasteiger partial charge in [-0.3, -0.25) is 4.90 Å². The van der Waals surface area contributed by atoms with Crippen molar-refractivity contribution in [1.29, 1.82) is 0 Å². The molecule has 0 amide bonds. The smallest absolute Gasteiger partial charge is 0.153 e. The van der Waals surface area contributed by atoms with Crippen LogP contribution in [-0.4, -0.2) is 44.0 Å². The zero-order valence-electron chi connectivity index (χ0n) is 10.9. The van der Waals surface area contributed by atoms with Gasteiger partial charge in [-0.25, -0.2) is 8.42 Å². The van der Waals surface area contributed by atoms with E-state index in [9.17, 15) is 8.42 Å². The van der Waals surface area contributed by atoms with Gasteiger partial charge < -0.3 is 5.73 Å². The molecule has 2 unspecified atom stereocenters. The van der Waals surface area contributed by atoms with Gasteiger partial charge in [0.25, 0.3) is 0 Å². The largest absolute Gasteiger partial charge is 0.329 e. The van der Waals surface area contributed by atoms with Crippen LogP contribution in [0.4, 0.5) is 0 Å². The van der Waals surface area contributed by atoms with Crippen molar-refractivity contribution in [1.82, 2.24) is 4.90 Å². The van der Waals surface area contributed by atoms with E-state index in [-0.39, 0.29) is 23.6 Å². The Balaban J connectivity index is 2.20. The minimum atomic E-state index is -2.89. The van der Waals surface area contributed by atoms with Crippen molar-refractivity contribution in [2.45, 2.75) is 19.0 Å². The maximum Gasteiger partial charge on any atom is 0.153 e. The molecule has 0 spiro atoms. The maximum absolute atomic E-state index is 11.6. The SMILES string of the molecule is CC1CS(=O)(=O)CCN1C(CN)c1ccc(Br)cc1. The van der Waals surface area contributed by atoms with Crippen molar-refractivity contribution in [2.24, 2.45) is 5.73 Å². The minimum Gasteiger partial charge on any atom is -0.329 e. The van der Waals surface area contributed by atoms with Crippen LogP contribution in [-0.2, 0) is 9.84 Å². The number of sulfone groups is 1. The molecule has 0 saturated carbocycles. The summed E-state index contributed by atoms with van der Waals surface area (Å²) in [7, 11) is -2.89. The van der Waals surface area contributed by atoms with E-state index in [2.05, 4.69) is 20.8 Å². The Kier molecular flexibility index (Phi) is 4.66. The maximum atomic E-state index is 11.6. The van der Waals surface area contributed by atoms with Gasteiger partial charge in [-0.05, 0) is 24.6 Å². The number of hydrogen-bond donors (Lipinski definition) is 1. The predicted molar refractivity (Wildman–Crippen MR) is 80.8 cm³/mol. The average Bonchev–Trinajstić information content (AvgIpc) is 2.34. The minimum absolute atomic E-state index is 0.0101. The van der Waals surface area contributed by atoms with E-state index in [0.717, 1.165) is 10.0 Å². The zero-order chi connectivity index (χ0) is 14.0. The number of rotatable bonds is 3. The van der Waals surface area contributed by atoms with Crippen LogP contribution in [0.5, 0.6) is 0 Å². The highest BCUT2D eigenvalue weighted by Gasteiger charge is 2.32. The lowest BCUT2D eigenvalue weighted by Gasteiger charge is -2.39. The molecule has 6 heteroatoms. The summed E-state index contributed by atoms with van der Waals surface area (Å²) in [6, 6.07) is 8.15. The van der Waals surface area contributed by atoms with Crippen molar-refractivity contribution < 1.29 is 8.42 Å². The summed E-state index contributed by atoms with van der Waals surface area (Å²) in [4.78, 5) is 2.20. The van der Waals surface area contributed by atoms with Gasteiger partial charge in [0, 0.05) is 29.6 Å². The Labute approximate surface area is 123 Å². The topological polar surface area (TPSA) is 63.4 Å². The molecule has 0 aliphatic carbocycles. The van der Waals surface area contributed by atoms with Crippen LogP contribution in [0.25, 0.3) is 0 Å². The molecule has 1 aromatic rings. The zero-order valence-corrected chi connectivity index (χ0v) is 13.3.